The van der Waals surface area contributed by atoms with Crippen molar-refractivity contribution in [2.45, 2.75) is 45.0 Å². The predicted molar refractivity (Wildman–Crippen MR) is 146 cm³/mol. The maximum absolute atomic E-state index is 12.7. The number of imidazole rings is 1. The smallest absolute Gasteiger partial charge is 0.416 e. The molecule has 0 N–H and O–H groups in total. The molecule has 0 saturated carbocycles. The van der Waals surface area contributed by atoms with Gasteiger partial charge in [-0.25, -0.2) is 18.4 Å². The van der Waals surface area contributed by atoms with Gasteiger partial charge in [-0.3, -0.25) is 0 Å². The minimum Gasteiger partial charge on any atom is -0.487 e. The van der Waals surface area contributed by atoms with Crippen molar-refractivity contribution >= 4 is 22.0 Å². The highest BCUT2D eigenvalue weighted by molar-refractivity contribution is 7.90. The van der Waals surface area contributed by atoms with E-state index >= 15 is 0 Å². The van der Waals surface area contributed by atoms with Crippen molar-refractivity contribution in [3.8, 4) is 5.75 Å². The van der Waals surface area contributed by atoms with Gasteiger partial charge in [-0.05, 0) is 60.7 Å². The van der Waals surface area contributed by atoms with E-state index in [0.29, 0.717) is 29.3 Å². The lowest BCUT2D eigenvalue weighted by Crippen LogP contribution is -2.11. The molecule has 11 heteroatoms. The van der Waals surface area contributed by atoms with Gasteiger partial charge in [0.05, 0.1) is 11.3 Å². The summed E-state index contributed by atoms with van der Waals surface area (Å²) in [5, 5.41) is 0. The summed E-state index contributed by atoms with van der Waals surface area (Å²) in [5.74, 6) is 1.91. The molecule has 0 unspecified atom stereocenters. The quantitative estimate of drug-likeness (QED) is 0.176. The molecule has 0 amide bonds. The van der Waals surface area contributed by atoms with Crippen LogP contribution in [0.2, 0.25) is 0 Å². The van der Waals surface area contributed by atoms with Gasteiger partial charge in [0.2, 0.25) is 5.89 Å². The van der Waals surface area contributed by atoms with Crippen LogP contribution in [0.3, 0.4) is 0 Å². The zero-order valence-electron chi connectivity index (χ0n) is 22.0. The Labute approximate surface area is 231 Å². The van der Waals surface area contributed by atoms with Gasteiger partial charge in [0.15, 0.2) is 0 Å². The first-order valence-corrected chi connectivity index (χ1v) is 14.8. The van der Waals surface area contributed by atoms with Crippen LogP contribution in [0.5, 0.6) is 5.75 Å². The maximum atomic E-state index is 12.7. The van der Waals surface area contributed by atoms with E-state index in [1.165, 1.54) is 30.2 Å². The zero-order chi connectivity index (χ0) is 28.6. The summed E-state index contributed by atoms with van der Waals surface area (Å²) in [6.07, 6.45) is 8.41. The van der Waals surface area contributed by atoms with Gasteiger partial charge in [-0.2, -0.15) is 13.2 Å². The van der Waals surface area contributed by atoms with Crippen LogP contribution in [0, 0.1) is 0 Å². The van der Waals surface area contributed by atoms with Crippen molar-refractivity contribution in [3.05, 3.63) is 101 Å². The minimum absolute atomic E-state index is 0.0964. The average molecular weight is 574 g/mol. The van der Waals surface area contributed by atoms with Crippen molar-refractivity contribution < 1.29 is 30.7 Å². The van der Waals surface area contributed by atoms with E-state index in [2.05, 4.69) is 9.97 Å². The second-order valence-electron chi connectivity index (χ2n) is 9.44. The van der Waals surface area contributed by atoms with Crippen LogP contribution in [0.25, 0.3) is 12.2 Å². The van der Waals surface area contributed by atoms with Crippen LogP contribution in [-0.2, 0) is 42.0 Å². The maximum Gasteiger partial charge on any atom is 0.416 e. The van der Waals surface area contributed by atoms with E-state index in [0.717, 1.165) is 43.8 Å². The Bertz CT molecular complexity index is 1510. The van der Waals surface area contributed by atoms with Crippen LogP contribution in [0.4, 0.5) is 13.2 Å². The van der Waals surface area contributed by atoms with Gasteiger partial charge in [0.25, 0.3) is 0 Å². The third kappa shape index (κ3) is 9.11. The molecule has 0 fully saturated rings. The highest BCUT2D eigenvalue weighted by Gasteiger charge is 2.29. The third-order valence-corrected chi connectivity index (χ3v) is 7.09. The number of aromatic nitrogens is 3. The molecule has 0 aliphatic rings. The molecule has 4 rings (SSSR count). The first kappa shape index (κ1) is 29.1. The summed E-state index contributed by atoms with van der Waals surface area (Å²) in [6.45, 7) is 1.00. The minimum atomic E-state index is -4.36. The summed E-state index contributed by atoms with van der Waals surface area (Å²) in [7, 11) is -3.02. The summed E-state index contributed by atoms with van der Waals surface area (Å²) in [4.78, 5) is 8.60. The van der Waals surface area contributed by atoms with Crippen LogP contribution >= 0.6 is 0 Å². The van der Waals surface area contributed by atoms with Crippen LogP contribution in [-0.4, -0.2) is 35.0 Å². The number of nitrogens with zero attached hydrogens (tertiary/aromatic N) is 3. The number of benzene rings is 2. The molecule has 0 aliphatic heterocycles. The van der Waals surface area contributed by atoms with Crippen LogP contribution in [0.1, 0.15) is 46.9 Å². The van der Waals surface area contributed by atoms with E-state index in [-0.39, 0.29) is 12.4 Å². The fourth-order valence-electron chi connectivity index (χ4n) is 3.99. The fourth-order valence-corrected chi connectivity index (χ4v) is 4.54. The number of halogens is 3. The number of hydrogen-bond donors (Lipinski definition) is 0. The number of rotatable bonds is 13. The van der Waals surface area contributed by atoms with E-state index in [4.69, 9.17) is 9.15 Å². The van der Waals surface area contributed by atoms with E-state index in [9.17, 15) is 21.6 Å². The molecule has 212 valence electrons. The van der Waals surface area contributed by atoms with Gasteiger partial charge < -0.3 is 13.7 Å². The summed E-state index contributed by atoms with van der Waals surface area (Å²) in [6, 6.07) is 12.7. The largest absolute Gasteiger partial charge is 0.487 e. The molecule has 40 heavy (non-hydrogen) atoms. The Morgan fingerprint density at radius 1 is 1.00 bits per heavy atom. The Morgan fingerprint density at radius 3 is 2.45 bits per heavy atom. The molecule has 4 aromatic rings. The van der Waals surface area contributed by atoms with Crippen molar-refractivity contribution in [1.29, 1.82) is 0 Å². The molecule has 0 bridgehead atoms. The van der Waals surface area contributed by atoms with Gasteiger partial charge >= 0.3 is 6.18 Å². The number of hydrogen-bond acceptors (Lipinski definition) is 6. The number of unbranched alkanes of at least 4 members (excludes halogenated alkanes) is 1. The van der Waals surface area contributed by atoms with Crippen LogP contribution in [0.15, 0.2) is 71.6 Å². The normalized spacial score (nSPS) is 12.3. The molecule has 0 saturated heterocycles. The average Bonchev–Trinajstić information content (AvgIpc) is 3.57. The summed E-state index contributed by atoms with van der Waals surface area (Å²) >= 11 is 0. The van der Waals surface area contributed by atoms with Gasteiger partial charge in [0.1, 0.15) is 40.0 Å². The topological polar surface area (TPSA) is 87.2 Å². The molecular weight excluding hydrogens is 543 g/mol. The van der Waals surface area contributed by atoms with E-state index in [1.807, 2.05) is 35.0 Å². The first-order chi connectivity index (χ1) is 19.0. The third-order valence-electron chi connectivity index (χ3n) is 6.15. The molecular formula is C29H30F3N3O4S. The lowest BCUT2D eigenvalue weighted by atomic mass is 10.1. The lowest BCUT2D eigenvalue weighted by Gasteiger charge is -2.08. The second kappa shape index (κ2) is 13.0. The summed E-state index contributed by atoms with van der Waals surface area (Å²) < 4.78 is 74.1. The SMILES string of the molecule is CS(=O)(=O)CCc1nccn1CCCCc1ccc(OCc2coc(C=Cc3ccc(C(F)(F)F)cc3)n2)cc1. The monoisotopic (exact) mass is 573 g/mol. The first-order valence-electron chi connectivity index (χ1n) is 12.7. The number of sulfone groups is 1. The lowest BCUT2D eigenvalue weighted by molar-refractivity contribution is -0.137. The Kier molecular flexibility index (Phi) is 9.46. The highest BCUT2D eigenvalue weighted by atomic mass is 32.2. The van der Waals surface area contributed by atoms with E-state index < -0.39 is 21.6 Å². The molecule has 0 aliphatic carbocycles. The van der Waals surface area contributed by atoms with Gasteiger partial charge in [0, 0.05) is 37.7 Å². The zero-order valence-corrected chi connectivity index (χ0v) is 22.8. The number of oxazole rings is 1. The molecule has 2 aromatic heterocycles. The van der Waals surface area contributed by atoms with Crippen molar-refractivity contribution in [1.82, 2.24) is 14.5 Å². The van der Waals surface area contributed by atoms with Crippen molar-refractivity contribution in [3.63, 3.8) is 0 Å². The molecule has 0 spiro atoms. The predicted octanol–water partition coefficient (Wildman–Crippen LogP) is 6.25. The summed E-state index contributed by atoms with van der Waals surface area (Å²) in [5.41, 5.74) is 1.68. The van der Waals surface area contributed by atoms with Crippen LogP contribution < -0.4 is 4.74 Å². The Balaban J connectivity index is 1.18. The Morgan fingerprint density at radius 2 is 1.75 bits per heavy atom. The fraction of sp³-hybridized carbons (Fsp3) is 0.310. The standard InChI is InChI=1S/C29H30F3N3O4S/c1-40(36,37)19-15-27-33-16-18-35(27)17-3-2-4-22-7-12-26(13-8-22)38-20-25-21-39-28(34-25)14-9-23-5-10-24(11-6-23)29(30,31)32/h5-14,16,18,21H,2-4,15,17,19-20H2,1H3. The van der Waals surface area contributed by atoms with Gasteiger partial charge in [-0.15, -0.1) is 0 Å². The number of alkyl halides is 3. The number of ether oxygens (including phenoxy) is 1. The van der Waals surface area contributed by atoms with Gasteiger partial charge in [-0.1, -0.05) is 24.3 Å². The second-order valence-corrected chi connectivity index (χ2v) is 11.7. The molecule has 2 heterocycles. The highest BCUT2D eigenvalue weighted by Crippen LogP contribution is 2.29. The molecule has 0 atom stereocenters. The number of aryl methyl sites for hydroxylation is 3. The molecule has 0 radical (unpaired) electrons. The molecule has 2 aromatic carbocycles. The molecule has 7 nitrogen and oxygen atoms in total. The van der Waals surface area contributed by atoms with E-state index in [1.54, 1.807) is 18.3 Å². The Hall–Kier alpha value is -3.86. The van der Waals surface area contributed by atoms with Crippen molar-refractivity contribution in [2.24, 2.45) is 0 Å². The van der Waals surface area contributed by atoms with Crippen molar-refractivity contribution in [2.75, 3.05) is 12.0 Å².